The molecule has 1 amide bonds. The van der Waals surface area contributed by atoms with Crippen molar-refractivity contribution in [2.24, 2.45) is 11.7 Å². The fourth-order valence-electron chi connectivity index (χ4n) is 2.90. The van der Waals surface area contributed by atoms with Crippen LogP contribution in [0.2, 0.25) is 0 Å². The van der Waals surface area contributed by atoms with Gasteiger partial charge in [0, 0.05) is 11.7 Å². The van der Waals surface area contributed by atoms with Crippen LogP contribution in [-0.4, -0.2) is 28.3 Å². The molecule has 3 N–H and O–H groups in total. The van der Waals surface area contributed by atoms with Gasteiger partial charge in [-0.05, 0) is 45.2 Å². The lowest BCUT2D eigenvalue weighted by molar-refractivity contribution is -0.123. The summed E-state index contributed by atoms with van der Waals surface area (Å²) in [7, 11) is 0. The second kappa shape index (κ2) is 6.19. The van der Waals surface area contributed by atoms with E-state index in [0.717, 1.165) is 24.2 Å². The first-order chi connectivity index (χ1) is 9.10. The molecule has 0 bridgehead atoms. The fraction of sp³-hybridized carbons (Fsp3) is 0.714. The van der Waals surface area contributed by atoms with Crippen molar-refractivity contribution in [1.82, 2.24) is 15.1 Å². The Hall–Kier alpha value is -1.36. The highest BCUT2D eigenvalue weighted by Gasteiger charge is 2.25. The number of amides is 1. The van der Waals surface area contributed by atoms with Gasteiger partial charge in [-0.2, -0.15) is 5.10 Å². The molecule has 1 aliphatic carbocycles. The number of hydrogen-bond acceptors (Lipinski definition) is 3. The Labute approximate surface area is 114 Å². The maximum Gasteiger partial charge on any atom is 0.241 e. The predicted octanol–water partition coefficient (Wildman–Crippen LogP) is 1.13. The van der Waals surface area contributed by atoms with E-state index >= 15 is 0 Å². The largest absolute Gasteiger partial charge is 0.351 e. The van der Waals surface area contributed by atoms with E-state index in [0.29, 0.717) is 19.0 Å². The van der Waals surface area contributed by atoms with Crippen molar-refractivity contribution in [1.29, 1.82) is 0 Å². The maximum atomic E-state index is 12.1. The number of nitrogens with two attached hydrogens (primary N) is 1. The van der Waals surface area contributed by atoms with E-state index in [1.807, 2.05) is 19.9 Å². The summed E-state index contributed by atoms with van der Waals surface area (Å²) in [5.41, 5.74) is 7.75. The van der Waals surface area contributed by atoms with Crippen molar-refractivity contribution >= 4 is 5.91 Å². The van der Waals surface area contributed by atoms with E-state index in [4.69, 9.17) is 5.73 Å². The number of aromatic nitrogens is 2. The first-order valence-electron chi connectivity index (χ1n) is 7.10. The van der Waals surface area contributed by atoms with E-state index in [1.54, 1.807) is 4.68 Å². The number of carbonyl (C=O) groups excluding carboxylic acids is 1. The van der Waals surface area contributed by atoms with Crippen LogP contribution in [0.25, 0.3) is 0 Å². The molecule has 106 valence electrons. The van der Waals surface area contributed by atoms with E-state index in [-0.39, 0.29) is 11.9 Å². The third kappa shape index (κ3) is 3.56. The number of nitrogens with zero attached hydrogens (tertiary/aromatic N) is 2. The molecule has 2 unspecified atom stereocenters. The standard InChI is InChI=1S/C14H24N4O/c1-10-7-11(2)18(17-10)9-14(19)16-13-6-4-3-5-12(13)8-15/h7,12-13H,3-6,8-9,15H2,1-2H3,(H,16,19). The van der Waals surface area contributed by atoms with Gasteiger partial charge in [-0.25, -0.2) is 0 Å². The Morgan fingerprint density at radius 3 is 2.84 bits per heavy atom. The Morgan fingerprint density at radius 2 is 2.21 bits per heavy atom. The van der Waals surface area contributed by atoms with Gasteiger partial charge in [-0.3, -0.25) is 9.48 Å². The van der Waals surface area contributed by atoms with Crippen LogP contribution in [0.15, 0.2) is 6.07 Å². The molecule has 2 rings (SSSR count). The van der Waals surface area contributed by atoms with Crippen molar-refractivity contribution < 1.29 is 4.79 Å². The molecular formula is C14H24N4O. The molecule has 2 atom stereocenters. The molecular weight excluding hydrogens is 240 g/mol. The molecule has 0 aliphatic heterocycles. The molecule has 19 heavy (non-hydrogen) atoms. The molecule has 1 fully saturated rings. The van der Waals surface area contributed by atoms with Crippen molar-refractivity contribution in [2.75, 3.05) is 6.54 Å². The zero-order valence-corrected chi connectivity index (χ0v) is 11.9. The molecule has 0 spiro atoms. The number of hydrogen-bond donors (Lipinski definition) is 2. The predicted molar refractivity (Wildman–Crippen MR) is 74.6 cm³/mol. The number of carbonyl (C=O) groups is 1. The van der Waals surface area contributed by atoms with Crippen molar-refractivity contribution in [3.63, 3.8) is 0 Å². The van der Waals surface area contributed by atoms with Gasteiger partial charge in [-0.15, -0.1) is 0 Å². The first kappa shape index (κ1) is 14.1. The molecule has 0 aromatic carbocycles. The Kier molecular flexibility index (Phi) is 4.58. The van der Waals surface area contributed by atoms with Gasteiger partial charge < -0.3 is 11.1 Å². The fourth-order valence-corrected chi connectivity index (χ4v) is 2.90. The van der Waals surface area contributed by atoms with Crippen LogP contribution >= 0.6 is 0 Å². The Bertz CT molecular complexity index is 441. The lowest BCUT2D eigenvalue weighted by Crippen LogP contribution is -2.45. The second-order valence-electron chi connectivity index (χ2n) is 5.54. The lowest BCUT2D eigenvalue weighted by Gasteiger charge is -2.31. The molecule has 0 radical (unpaired) electrons. The quantitative estimate of drug-likeness (QED) is 0.856. The van der Waals surface area contributed by atoms with Crippen LogP contribution in [0.4, 0.5) is 0 Å². The van der Waals surface area contributed by atoms with Gasteiger partial charge in [0.15, 0.2) is 0 Å². The molecule has 5 nitrogen and oxygen atoms in total. The Morgan fingerprint density at radius 1 is 1.47 bits per heavy atom. The van der Waals surface area contributed by atoms with Crippen molar-refractivity contribution in [3.05, 3.63) is 17.5 Å². The van der Waals surface area contributed by atoms with Gasteiger partial charge >= 0.3 is 0 Å². The summed E-state index contributed by atoms with van der Waals surface area (Å²) < 4.78 is 1.75. The highest BCUT2D eigenvalue weighted by molar-refractivity contribution is 5.76. The van der Waals surface area contributed by atoms with E-state index < -0.39 is 0 Å². The first-order valence-corrected chi connectivity index (χ1v) is 7.10. The summed E-state index contributed by atoms with van der Waals surface area (Å²) in [5, 5.41) is 7.44. The molecule has 1 aliphatic rings. The van der Waals surface area contributed by atoms with Crippen molar-refractivity contribution in [3.8, 4) is 0 Å². The minimum atomic E-state index is 0.0385. The minimum absolute atomic E-state index is 0.0385. The van der Waals surface area contributed by atoms with Crippen LogP contribution < -0.4 is 11.1 Å². The summed E-state index contributed by atoms with van der Waals surface area (Å²) in [6.07, 6.45) is 4.58. The highest BCUT2D eigenvalue weighted by Crippen LogP contribution is 2.23. The summed E-state index contributed by atoms with van der Waals surface area (Å²) in [4.78, 5) is 12.1. The normalized spacial score (nSPS) is 23.3. The third-order valence-electron chi connectivity index (χ3n) is 3.95. The SMILES string of the molecule is Cc1cc(C)n(CC(=O)NC2CCCCC2CN)n1. The van der Waals surface area contributed by atoms with Crippen LogP contribution in [0.1, 0.15) is 37.1 Å². The van der Waals surface area contributed by atoms with Gasteiger partial charge in [0.25, 0.3) is 0 Å². The smallest absolute Gasteiger partial charge is 0.241 e. The summed E-state index contributed by atoms with van der Waals surface area (Å²) in [6.45, 7) is 4.86. The Balaban J connectivity index is 1.91. The third-order valence-corrected chi connectivity index (χ3v) is 3.95. The average Bonchev–Trinajstić information content (AvgIpc) is 2.68. The second-order valence-corrected chi connectivity index (χ2v) is 5.54. The van der Waals surface area contributed by atoms with Crippen LogP contribution in [0.5, 0.6) is 0 Å². The topological polar surface area (TPSA) is 72.9 Å². The number of nitrogens with one attached hydrogen (secondary N) is 1. The molecule has 5 heteroatoms. The number of rotatable bonds is 4. The van der Waals surface area contributed by atoms with Gasteiger partial charge in [0.1, 0.15) is 6.54 Å². The van der Waals surface area contributed by atoms with Crippen LogP contribution in [0, 0.1) is 19.8 Å². The van der Waals surface area contributed by atoms with Crippen LogP contribution in [-0.2, 0) is 11.3 Å². The summed E-state index contributed by atoms with van der Waals surface area (Å²) >= 11 is 0. The summed E-state index contributed by atoms with van der Waals surface area (Å²) in [6, 6.07) is 2.22. The van der Waals surface area contributed by atoms with Gasteiger partial charge in [-0.1, -0.05) is 12.8 Å². The van der Waals surface area contributed by atoms with Crippen molar-refractivity contribution in [2.45, 2.75) is 52.1 Å². The molecule has 0 saturated heterocycles. The average molecular weight is 264 g/mol. The van der Waals surface area contributed by atoms with Gasteiger partial charge in [0.05, 0.1) is 5.69 Å². The van der Waals surface area contributed by atoms with Crippen LogP contribution in [0.3, 0.4) is 0 Å². The monoisotopic (exact) mass is 264 g/mol. The zero-order valence-electron chi connectivity index (χ0n) is 11.9. The molecule has 1 saturated carbocycles. The highest BCUT2D eigenvalue weighted by atomic mass is 16.2. The molecule has 1 aromatic heterocycles. The molecule has 1 heterocycles. The zero-order chi connectivity index (χ0) is 13.8. The minimum Gasteiger partial charge on any atom is -0.351 e. The van der Waals surface area contributed by atoms with E-state index in [9.17, 15) is 4.79 Å². The van der Waals surface area contributed by atoms with E-state index in [2.05, 4.69) is 10.4 Å². The lowest BCUT2D eigenvalue weighted by atomic mass is 9.84. The summed E-state index contributed by atoms with van der Waals surface area (Å²) in [5.74, 6) is 0.467. The number of aryl methyl sites for hydroxylation is 2. The molecule has 1 aromatic rings. The van der Waals surface area contributed by atoms with Gasteiger partial charge in [0.2, 0.25) is 5.91 Å². The van der Waals surface area contributed by atoms with E-state index in [1.165, 1.54) is 12.8 Å². The maximum absolute atomic E-state index is 12.1.